The summed E-state index contributed by atoms with van der Waals surface area (Å²) in [5.41, 5.74) is 1.39. The number of nitro benzene ring substituents is 1. The Labute approximate surface area is 158 Å². The number of nitro groups is 1. The molecule has 0 fully saturated rings. The lowest BCUT2D eigenvalue weighted by atomic mass is 10.1. The molecule has 0 amide bonds. The summed E-state index contributed by atoms with van der Waals surface area (Å²) in [4.78, 5) is 23.2. The van der Waals surface area contributed by atoms with Gasteiger partial charge in [0.05, 0.1) is 16.9 Å². The van der Waals surface area contributed by atoms with Crippen molar-refractivity contribution in [1.82, 2.24) is 20.0 Å². The lowest BCUT2D eigenvalue weighted by molar-refractivity contribution is -0.384. The number of nitrogens with zero attached hydrogens (tertiary/aromatic N) is 4. The molecular formula is C19H16N6O3. The van der Waals surface area contributed by atoms with Crippen LogP contribution in [0.4, 0.5) is 17.3 Å². The van der Waals surface area contributed by atoms with Gasteiger partial charge in [-0.1, -0.05) is 30.3 Å². The minimum absolute atomic E-state index is 0.00109. The van der Waals surface area contributed by atoms with Crippen molar-refractivity contribution < 1.29 is 4.92 Å². The van der Waals surface area contributed by atoms with Crippen molar-refractivity contribution in [2.45, 2.75) is 13.5 Å². The van der Waals surface area contributed by atoms with Crippen molar-refractivity contribution in [3.8, 4) is 0 Å². The fraction of sp³-hybridized carbons (Fsp3) is 0.105. The summed E-state index contributed by atoms with van der Waals surface area (Å²) < 4.78 is 1.34. The number of aromatic nitrogens is 4. The summed E-state index contributed by atoms with van der Waals surface area (Å²) in [6.45, 7) is 2.08. The van der Waals surface area contributed by atoms with Crippen molar-refractivity contribution in [3.63, 3.8) is 0 Å². The SMILES string of the molecule is Cc1cc(Nc2nn(Cc3ccc([N+](=O)[O-])cc3)c(=O)c3ccccc23)n[nH]1. The second kappa shape index (κ2) is 6.95. The van der Waals surface area contributed by atoms with Crippen molar-refractivity contribution >= 4 is 28.1 Å². The summed E-state index contributed by atoms with van der Waals surface area (Å²) in [5.74, 6) is 1.10. The van der Waals surface area contributed by atoms with Gasteiger partial charge in [0.2, 0.25) is 0 Å². The number of anilines is 2. The van der Waals surface area contributed by atoms with E-state index in [1.165, 1.54) is 16.8 Å². The van der Waals surface area contributed by atoms with Gasteiger partial charge in [-0.15, -0.1) is 0 Å². The van der Waals surface area contributed by atoms with Gasteiger partial charge in [0.25, 0.3) is 11.2 Å². The number of non-ortho nitro benzene ring substituents is 1. The van der Waals surface area contributed by atoms with Gasteiger partial charge in [0, 0.05) is 29.3 Å². The molecule has 2 heterocycles. The van der Waals surface area contributed by atoms with Crippen LogP contribution in [0.5, 0.6) is 0 Å². The Kier molecular flexibility index (Phi) is 4.32. The number of fused-ring (bicyclic) bond motifs is 1. The molecule has 0 bridgehead atoms. The maximum Gasteiger partial charge on any atom is 0.275 e. The minimum atomic E-state index is -0.460. The van der Waals surface area contributed by atoms with Crippen molar-refractivity contribution in [2.75, 3.05) is 5.32 Å². The van der Waals surface area contributed by atoms with Crippen molar-refractivity contribution in [3.05, 3.63) is 86.3 Å². The van der Waals surface area contributed by atoms with Gasteiger partial charge in [0.15, 0.2) is 11.6 Å². The zero-order valence-corrected chi connectivity index (χ0v) is 14.9. The molecule has 0 aliphatic heterocycles. The van der Waals surface area contributed by atoms with Gasteiger partial charge in [0.1, 0.15) is 0 Å². The lowest BCUT2D eigenvalue weighted by Gasteiger charge is -2.11. The van der Waals surface area contributed by atoms with Crippen LogP contribution >= 0.6 is 0 Å². The molecule has 9 heteroatoms. The molecule has 0 aliphatic carbocycles. The highest BCUT2D eigenvalue weighted by atomic mass is 16.6. The maximum atomic E-state index is 12.9. The summed E-state index contributed by atoms with van der Waals surface area (Å²) in [6, 6.07) is 15.1. The minimum Gasteiger partial charge on any atom is -0.321 e. The van der Waals surface area contributed by atoms with E-state index >= 15 is 0 Å². The van der Waals surface area contributed by atoms with E-state index in [2.05, 4.69) is 20.6 Å². The smallest absolute Gasteiger partial charge is 0.275 e. The molecule has 0 unspecified atom stereocenters. The third-order valence-corrected chi connectivity index (χ3v) is 4.30. The van der Waals surface area contributed by atoms with E-state index in [1.54, 1.807) is 24.3 Å². The van der Waals surface area contributed by atoms with E-state index in [0.717, 1.165) is 11.3 Å². The zero-order chi connectivity index (χ0) is 19.7. The van der Waals surface area contributed by atoms with Crippen LogP contribution in [-0.4, -0.2) is 24.9 Å². The van der Waals surface area contributed by atoms with Crippen LogP contribution in [0.15, 0.2) is 59.4 Å². The number of rotatable bonds is 5. The van der Waals surface area contributed by atoms with E-state index < -0.39 is 4.92 Å². The first-order chi connectivity index (χ1) is 13.5. The highest BCUT2D eigenvalue weighted by Gasteiger charge is 2.12. The largest absolute Gasteiger partial charge is 0.321 e. The molecular weight excluding hydrogens is 360 g/mol. The molecule has 28 heavy (non-hydrogen) atoms. The Bertz CT molecular complexity index is 1230. The number of aromatic amines is 1. The van der Waals surface area contributed by atoms with Crippen LogP contribution in [-0.2, 0) is 6.54 Å². The van der Waals surface area contributed by atoms with Gasteiger partial charge in [-0.25, -0.2) is 4.68 Å². The first kappa shape index (κ1) is 17.4. The van der Waals surface area contributed by atoms with E-state index in [4.69, 9.17) is 0 Å². The predicted molar refractivity (Wildman–Crippen MR) is 105 cm³/mol. The number of nitrogens with one attached hydrogen (secondary N) is 2. The molecule has 0 aliphatic rings. The predicted octanol–water partition coefficient (Wildman–Crippen LogP) is 3.13. The molecule has 2 N–H and O–H groups in total. The maximum absolute atomic E-state index is 12.9. The van der Waals surface area contributed by atoms with E-state index in [-0.39, 0.29) is 17.8 Å². The average molecular weight is 376 g/mol. The molecule has 9 nitrogen and oxygen atoms in total. The summed E-state index contributed by atoms with van der Waals surface area (Å²) in [6.07, 6.45) is 0. The van der Waals surface area contributed by atoms with Crippen LogP contribution in [0.25, 0.3) is 10.8 Å². The molecule has 0 atom stereocenters. The Morgan fingerprint density at radius 1 is 1.14 bits per heavy atom. The van der Waals surface area contributed by atoms with Gasteiger partial charge in [-0.05, 0) is 18.6 Å². The van der Waals surface area contributed by atoms with E-state index in [0.29, 0.717) is 22.4 Å². The van der Waals surface area contributed by atoms with Gasteiger partial charge < -0.3 is 5.32 Å². The third-order valence-electron chi connectivity index (χ3n) is 4.30. The fourth-order valence-electron chi connectivity index (χ4n) is 2.93. The van der Waals surface area contributed by atoms with Crippen molar-refractivity contribution in [2.24, 2.45) is 0 Å². The Hall–Kier alpha value is -4.01. The molecule has 2 aromatic carbocycles. The first-order valence-corrected chi connectivity index (χ1v) is 8.53. The topological polar surface area (TPSA) is 119 Å². The molecule has 2 aromatic heterocycles. The molecule has 0 saturated heterocycles. The number of benzene rings is 2. The van der Waals surface area contributed by atoms with Crippen molar-refractivity contribution in [1.29, 1.82) is 0 Å². The Balaban J connectivity index is 1.76. The quantitative estimate of drug-likeness (QED) is 0.408. The monoisotopic (exact) mass is 376 g/mol. The molecule has 0 radical (unpaired) electrons. The Morgan fingerprint density at radius 3 is 2.50 bits per heavy atom. The van der Waals surface area contributed by atoms with E-state index in [1.807, 2.05) is 25.1 Å². The number of hydrogen-bond donors (Lipinski definition) is 2. The number of H-pyrrole nitrogens is 1. The van der Waals surface area contributed by atoms with Gasteiger partial charge >= 0.3 is 0 Å². The van der Waals surface area contributed by atoms with E-state index in [9.17, 15) is 14.9 Å². The third kappa shape index (κ3) is 3.32. The molecule has 4 aromatic rings. The summed E-state index contributed by atoms with van der Waals surface area (Å²) in [7, 11) is 0. The second-order valence-electron chi connectivity index (χ2n) is 6.34. The zero-order valence-electron chi connectivity index (χ0n) is 14.9. The normalized spacial score (nSPS) is 10.9. The highest BCUT2D eigenvalue weighted by molar-refractivity contribution is 5.92. The molecule has 140 valence electrons. The lowest BCUT2D eigenvalue weighted by Crippen LogP contribution is -2.24. The van der Waals surface area contributed by atoms with Crippen LogP contribution in [0.1, 0.15) is 11.3 Å². The summed E-state index contributed by atoms with van der Waals surface area (Å²) in [5, 5.41) is 26.6. The van der Waals surface area contributed by atoms with Crippen LogP contribution < -0.4 is 10.9 Å². The molecule has 4 rings (SSSR count). The number of hydrogen-bond acceptors (Lipinski definition) is 6. The Morgan fingerprint density at radius 2 is 1.86 bits per heavy atom. The standard InChI is InChI=1S/C19H16N6O3/c1-12-10-17(22-21-12)20-18-15-4-2-3-5-16(15)19(26)24(23-18)11-13-6-8-14(9-7-13)25(27)28/h2-10H,11H2,1H3,(H2,20,21,22,23). The van der Waals surface area contributed by atoms with Gasteiger partial charge in [-0.3, -0.25) is 20.0 Å². The van der Waals surface area contributed by atoms with Gasteiger partial charge in [-0.2, -0.15) is 10.2 Å². The molecule has 0 spiro atoms. The van der Waals surface area contributed by atoms with Crippen LogP contribution in [0.3, 0.4) is 0 Å². The highest BCUT2D eigenvalue weighted by Crippen LogP contribution is 2.22. The second-order valence-corrected chi connectivity index (χ2v) is 6.34. The number of aryl methyl sites for hydroxylation is 1. The first-order valence-electron chi connectivity index (χ1n) is 8.53. The average Bonchev–Trinajstić information content (AvgIpc) is 3.10. The molecule has 0 saturated carbocycles. The van der Waals surface area contributed by atoms with Crippen LogP contribution in [0.2, 0.25) is 0 Å². The van der Waals surface area contributed by atoms with Crippen LogP contribution in [0, 0.1) is 17.0 Å². The fourth-order valence-corrected chi connectivity index (χ4v) is 2.93. The summed E-state index contributed by atoms with van der Waals surface area (Å²) >= 11 is 0.